The van der Waals surface area contributed by atoms with Crippen LogP contribution in [0.1, 0.15) is 28.8 Å². The van der Waals surface area contributed by atoms with E-state index in [-0.39, 0.29) is 11.6 Å². The Hall–Kier alpha value is -4.00. The van der Waals surface area contributed by atoms with E-state index in [0.717, 1.165) is 22.4 Å². The van der Waals surface area contributed by atoms with Gasteiger partial charge >= 0.3 is 0 Å². The summed E-state index contributed by atoms with van der Waals surface area (Å²) in [5.41, 5.74) is 4.08. The average Bonchev–Trinajstić information content (AvgIpc) is 3.26. The van der Waals surface area contributed by atoms with E-state index in [4.69, 9.17) is 4.74 Å². The Labute approximate surface area is 176 Å². The van der Waals surface area contributed by atoms with Crippen molar-refractivity contribution in [2.45, 2.75) is 12.1 Å². The molecule has 4 aromatic rings. The topological polar surface area (TPSA) is 52.0 Å². The van der Waals surface area contributed by atoms with Crippen LogP contribution >= 0.6 is 0 Å². The molecule has 6 rings (SSSR count). The van der Waals surface area contributed by atoms with Crippen LogP contribution in [-0.2, 0) is 0 Å². The van der Waals surface area contributed by atoms with Crippen LogP contribution in [0.15, 0.2) is 84.7 Å². The van der Waals surface area contributed by atoms with Crippen molar-refractivity contribution in [3.63, 3.8) is 0 Å². The van der Waals surface area contributed by atoms with Gasteiger partial charge < -0.3 is 10.1 Å². The normalized spacial score (nSPS) is 19.0. The van der Waals surface area contributed by atoms with Crippen LogP contribution in [-0.4, -0.2) is 14.8 Å². The molecule has 0 bridgehead atoms. The number of nitrogens with zero attached hydrogens (tertiary/aromatic N) is 3. The molecule has 0 saturated carbocycles. The van der Waals surface area contributed by atoms with Crippen molar-refractivity contribution < 1.29 is 13.5 Å². The van der Waals surface area contributed by atoms with Gasteiger partial charge in [-0.15, -0.1) is 0 Å². The lowest BCUT2D eigenvalue weighted by Crippen LogP contribution is -2.32. The number of para-hydroxylation sites is 1. The molecule has 3 heterocycles. The van der Waals surface area contributed by atoms with Crippen molar-refractivity contribution in [1.29, 1.82) is 0 Å². The van der Waals surface area contributed by atoms with Crippen LogP contribution in [0.3, 0.4) is 0 Å². The van der Waals surface area contributed by atoms with Gasteiger partial charge in [-0.2, -0.15) is 10.1 Å². The second-order valence-electron chi connectivity index (χ2n) is 7.49. The van der Waals surface area contributed by atoms with Gasteiger partial charge in [-0.05, 0) is 47.5 Å². The molecule has 2 aliphatic heterocycles. The summed E-state index contributed by atoms with van der Waals surface area (Å²) in [6, 6.07) is 20.0. The van der Waals surface area contributed by atoms with Crippen LogP contribution in [0.4, 0.5) is 14.7 Å². The molecule has 5 nitrogen and oxygen atoms in total. The standard InChI is InChI=1S/C24H16F2N4O/c25-16-10-8-14(9-11-16)22-20-21(29-24-27-13-28-30(22)24)18-6-1-2-7-19(18)31-23(20)15-4-3-5-17(26)12-15/h1-13,22-23H,(H,27,28,29). The largest absolute Gasteiger partial charge is 0.480 e. The monoisotopic (exact) mass is 414 g/mol. The fourth-order valence-corrected chi connectivity index (χ4v) is 4.33. The number of halogens is 2. The van der Waals surface area contributed by atoms with Gasteiger partial charge in [-0.3, -0.25) is 0 Å². The minimum Gasteiger partial charge on any atom is -0.480 e. The van der Waals surface area contributed by atoms with E-state index in [1.807, 2.05) is 30.3 Å². The zero-order valence-electron chi connectivity index (χ0n) is 16.2. The fourth-order valence-electron chi connectivity index (χ4n) is 4.33. The number of aromatic nitrogens is 3. The summed E-state index contributed by atoms with van der Waals surface area (Å²) in [6.45, 7) is 0. The molecule has 2 atom stereocenters. The number of anilines is 1. The highest BCUT2D eigenvalue weighted by atomic mass is 19.1. The van der Waals surface area contributed by atoms with Gasteiger partial charge in [0.05, 0.1) is 5.70 Å². The molecule has 0 fully saturated rings. The van der Waals surface area contributed by atoms with Gasteiger partial charge in [0, 0.05) is 11.1 Å². The van der Waals surface area contributed by atoms with Crippen molar-refractivity contribution in [3.05, 3.63) is 113 Å². The highest BCUT2D eigenvalue weighted by molar-refractivity contribution is 5.85. The molecule has 31 heavy (non-hydrogen) atoms. The van der Waals surface area contributed by atoms with Gasteiger partial charge in [0.2, 0.25) is 5.95 Å². The third-order valence-electron chi connectivity index (χ3n) is 5.66. The van der Waals surface area contributed by atoms with E-state index in [2.05, 4.69) is 15.4 Å². The van der Waals surface area contributed by atoms with E-state index in [1.165, 1.54) is 30.6 Å². The van der Waals surface area contributed by atoms with Crippen molar-refractivity contribution in [2.75, 3.05) is 5.32 Å². The SMILES string of the molecule is Fc1ccc(C2C3=C(Nc4ncnn42)c2ccccc2OC3c2cccc(F)c2)cc1. The van der Waals surface area contributed by atoms with Crippen molar-refractivity contribution in [2.24, 2.45) is 0 Å². The van der Waals surface area contributed by atoms with E-state index >= 15 is 0 Å². The van der Waals surface area contributed by atoms with E-state index < -0.39 is 12.1 Å². The highest BCUT2D eigenvalue weighted by Gasteiger charge is 2.40. The summed E-state index contributed by atoms with van der Waals surface area (Å²) < 4.78 is 36.0. The lowest BCUT2D eigenvalue weighted by atomic mass is 9.84. The Morgan fingerprint density at radius 1 is 0.871 bits per heavy atom. The molecule has 0 aliphatic carbocycles. The number of fused-ring (bicyclic) bond motifs is 3. The maximum Gasteiger partial charge on any atom is 0.226 e. The average molecular weight is 414 g/mol. The summed E-state index contributed by atoms with van der Waals surface area (Å²) in [7, 11) is 0. The second-order valence-corrected chi connectivity index (χ2v) is 7.49. The van der Waals surface area contributed by atoms with Crippen molar-refractivity contribution in [1.82, 2.24) is 14.8 Å². The Kier molecular flexibility index (Phi) is 3.89. The molecular weight excluding hydrogens is 398 g/mol. The number of ether oxygens (including phenoxy) is 1. The quantitative estimate of drug-likeness (QED) is 0.495. The zero-order chi connectivity index (χ0) is 20.9. The van der Waals surface area contributed by atoms with E-state index in [1.54, 1.807) is 22.9 Å². The highest BCUT2D eigenvalue weighted by Crippen LogP contribution is 2.50. The first kappa shape index (κ1) is 17.8. The summed E-state index contributed by atoms with van der Waals surface area (Å²) in [5.74, 6) is 0.597. The van der Waals surface area contributed by atoms with Crippen LogP contribution < -0.4 is 10.1 Å². The lowest BCUT2D eigenvalue weighted by Gasteiger charge is -2.39. The van der Waals surface area contributed by atoms with Crippen LogP contribution in [0.2, 0.25) is 0 Å². The molecular formula is C24H16F2N4O. The molecule has 1 N–H and O–H groups in total. The Balaban J connectivity index is 1.63. The zero-order valence-corrected chi connectivity index (χ0v) is 16.2. The van der Waals surface area contributed by atoms with Crippen LogP contribution in [0.5, 0.6) is 5.75 Å². The summed E-state index contributed by atoms with van der Waals surface area (Å²) in [6.07, 6.45) is 0.904. The predicted molar refractivity (Wildman–Crippen MR) is 111 cm³/mol. The van der Waals surface area contributed by atoms with Gasteiger partial charge in [0.25, 0.3) is 0 Å². The van der Waals surface area contributed by atoms with Gasteiger partial charge in [-0.1, -0.05) is 36.4 Å². The van der Waals surface area contributed by atoms with Gasteiger partial charge in [0.15, 0.2) is 0 Å². The summed E-state index contributed by atoms with van der Waals surface area (Å²) in [4.78, 5) is 4.36. The molecule has 152 valence electrons. The molecule has 7 heteroatoms. The Bertz CT molecular complexity index is 1330. The minimum absolute atomic E-state index is 0.322. The maximum absolute atomic E-state index is 14.1. The van der Waals surface area contributed by atoms with Crippen LogP contribution in [0.25, 0.3) is 5.70 Å². The molecule has 0 amide bonds. The molecule has 3 aromatic carbocycles. The molecule has 0 radical (unpaired) electrons. The molecule has 2 aliphatic rings. The van der Waals surface area contributed by atoms with E-state index in [0.29, 0.717) is 17.3 Å². The van der Waals surface area contributed by atoms with Crippen molar-refractivity contribution in [3.8, 4) is 5.75 Å². The number of hydrogen-bond acceptors (Lipinski definition) is 4. The first-order valence-electron chi connectivity index (χ1n) is 9.86. The number of nitrogens with one attached hydrogen (secondary N) is 1. The van der Waals surface area contributed by atoms with Gasteiger partial charge in [-0.25, -0.2) is 13.5 Å². The fraction of sp³-hybridized carbons (Fsp3) is 0.0833. The number of hydrogen-bond donors (Lipinski definition) is 1. The molecule has 0 spiro atoms. The number of benzene rings is 3. The first-order valence-corrected chi connectivity index (χ1v) is 9.86. The van der Waals surface area contributed by atoms with Gasteiger partial charge in [0.1, 0.15) is 35.9 Å². The second kappa shape index (κ2) is 6.77. The molecule has 2 unspecified atom stereocenters. The third-order valence-corrected chi connectivity index (χ3v) is 5.66. The third kappa shape index (κ3) is 2.81. The molecule has 0 saturated heterocycles. The van der Waals surface area contributed by atoms with Crippen LogP contribution in [0, 0.1) is 11.6 Å². The molecule has 1 aromatic heterocycles. The Morgan fingerprint density at radius 2 is 1.71 bits per heavy atom. The summed E-state index contributed by atoms with van der Waals surface area (Å²) in [5, 5.41) is 7.80. The van der Waals surface area contributed by atoms with Crippen molar-refractivity contribution >= 4 is 11.6 Å². The maximum atomic E-state index is 14.1. The predicted octanol–water partition coefficient (Wildman–Crippen LogP) is 5.12. The Morgan fingerprint density at radius 3 is 2.55 bits per heavy atom. The summed E-state index contributed by atoms with van der Waals surface area (Å²) >= 11 is 0. The smallest absolute Gasteiger partial charge is 0.226 e. The number of rotatable bonds is 2. The van der Waals surface area contributed by atoms with E-state index in [9.17, 15) is 8.78 Å². The lowest BCUT2D eigenvalue weighted by molar-refractivity contribution is 0.222. The minimum atomic E-state index is -0.569. The first-order chi connectivity index (χ1) is 15.2.